The molecular weight excluding hydrogens is 387 g/mol. The van der Waals surface area contributed by atoms with Crippen molar-refractivity contribution in [1.29, 1.82) is 5.26 Å². The number of pyridine rings is 2. The van der Waals surface area contributed by atoms with Crippen LogP contribution in [0.2, 0.25) is 0 Å². The summed E-state index contributed by atoms with van der Waals surface area (Å²) in [4.78, 5) is 19.5. The summed E-state index contributed by atoms with van der Waals surface area (Å²) < 4.78 is 14.6. The van der Waals surface area contributed by atoms with E-state index >= 15 is 0 Å². The van der Waals surface area contributed by atoms with Crippen molar-refractivity contribution in [3.63, 3.8) is 0 Å². The van der Waals surface area contributed by atoms with E-state index in [2.05, 4.69) is 25.9 Å². The van der Waals surface area contributed by atoms with Crippen LogP contribution in [-0.2, 0) is 0 Å². The predicted octanol–water partition coefficient (Wildman–Crippen LogP) is 4.20. The van der Waals surface area contributed by atoms with Crippen LogP contribution in [0.3, 0.4) is 0 Å². The van der Waals surface area contributed by atoms with Gasteiger partial charge in [0.25, 0.3) is 0 Å². The zero-order valence-electron chi connectivity index (χ0n) is 17.1. The number of nitrogens with one attached hydrogen (secondary N) is 3. The molecule has 0 spiro atoms. The Hall–Kier alpha value is -3.41. The van der Waals surface area contributed by atoms with Crippen LogP contribution < -0.4 is 16.0 Å². The third-order valence-corrected chi connectivity index (χ3v) is 5.08. The molecule has 3 rings (SSSR count). The number of nitrogens with zero attached hydrogens (tertiary/aromatic N) is 3. The second-order valence-corrected chi connectivity index (χ2v) is 7.89. The first kappa shape index (κ1) is 21.3. The second kappa shape index (κ2) is 8.95. The maximum Gasteiger partial charge on any atom is 0.404 e. The van der Waals surface area contributed by atoms with Crippen molar-refractivity contribution in [2.45, 2.75) is 51.6 Å². The smallest absolute Gasteiger partial charge is 0.404 e. The Morgan fingerprint density at radius 2 is 2.00 bits per heavy atom. The van der Waals surface area contributed by atoms with E-state index in [4.69, 9.17) is 5.11 Å². The molecule has 0 aromatic carbocycles. The topological polar surface area (TPSA) is 123 Å². The van der Waals surface area contributed by atoms with Crippen molar-refractivity contribution < 1.29 is 14.3 Å². The van der Waals surface area contributed by atoms with Gasteiger partial charge in [-0.05, 0) is 49.3 Å². The second-order valence-electron chi connectivity index (χ2n) is 7.89. The summed E-state index contributed by atoms with van der Waals surface area (Å²) in [6, 6.07) is 4.12. The molecule has 1 aliphatic carbocycles. The molecule has 8 nitrogen and oxygen atoms in total. The normalized spacial score (nSPS) is 15.2. The van der Waals surface area contributed by atoms with Crippen LogP contribution in [0.4, 0.5) is 26.5 Å². The molecule has 1 fully saturated rings. The van der Waals surface area contributed by atoms with Gasteiger partial charge in [-0.3, -0.25) is 4.98 Å². The third-order valence-electron chi connectivity index (χ3n) is 5.08. The lowest BCUT2D eigenvalue weighted by Crippen LogP contribution is -2.47. The standard InChI is InChI=1S/C21H25FN6O2/c1-11(2)18(12(3)25-21(29)30)27-20-17(22)7-14(8-23)19(28-20)26-16-6-15(9-24-10-16)13-4-5-13/h6-7,9-13,18,25H,4-5H2,1-3H3,(H,29,30)(H2,26,27,28)/t12-,18+/m0/s1. The summed E-state index contributed by atoms with van der Waals surface area (Å²) in [6.45, 7) is 5.49. The fourth-order valence-electron chi connectivity index (χ4n) is 3.38. The molecule has 2 aromatic rings. The Morgan fingerprint density at radius 3 is 2.60 bits per heavy atom. The van der Waals surface area contributed by atoms with Crippen molar-refractivity contribution >= 4 is 23.4 Å². The highest BCUT2D eigenvalue weighted by Crippen LogP contribution is 2.40. The summed E-state index contributed by atoms with van der Waals surface area (Å²) in [5, 5.41) is 26.9. The Kier molecular flexibility index (Phi) is 6.35. The van der Waals surface area contributed by atoms with Gasteiger partial charge in [-0.25, -0.2) is 14.2 Å². The summed E-state index contributed by atoms with van der Waals surface area (Å²) >= 11 is 0. The molecule has 30 heavy (non-hydrogen) atoms. The van der Waals surface area contributed by atoms with E-state index in [1.165, 1.54) is 0 Å². The zero-order valence-corrected chi connectivity index (χ0v) is 17.1. The fourth-order valence-corrected chi connectivity index (χ4v) is 3.38. The van der Waals surface area contributed by atoms with Crippen molar-refractivity contribution in [3.05, 3.63) is 41.5 Å². The first-order valence-corrected chi connectivity index (χ1v) is 9.87. The molecule has 9 heteroatoms. The van der Waals surface area contributed by atoms with Crippen LogP contribution in [0.15, 0.2) is 24.5 Å². The van der Waals surface area contributed by atoms with Gasteiger partial charge < -0.3 is 21.1 Å². The monoisotopic (exact) mass is 412 g/mol. The van der Waals surface area contributed by atoms with Crippen LogP contribution in [0.1, 0.15) is 50.7 Å². The summed E-state index contributed by atoms with van der Waals surface area (Å²) in [6.07, 6.45) is 4.56. The number of nitriles is 1. The average Bonchev–Trinajstić information content (AvgIpc) is 3.52. The van der Waals surface area contributed by atoms with E-state index in [-0.39, 0.29) is 23.1 Å². The number of rotatable bonds is 8. The van der Waals surface area contributed by atoms with Gasteiger partial charge in [0.2, 0.25) is 0 Å². The van der Waals surface area contributed by atoms with Gasteiger partial charge in [-0.2, -0.15) is 5.26 Å². The molecule has 0 unspecified atom stereocenters. The van der Waals surface area contributed by atoms with E-state index in [1.54, 1.807) is 13.1 Å². The molecule has 2 aromatic heterocycles. The zero-order chi connectivity index (χ0) is 21.8. The number of aromatic nitrogens is 2. The predicted molar refractivity (Wildman–Crippen MR) is 111 cm³/mol. The van der Waals surface area contributed by atoms with Gasteiger partial charge in [0.15, 0.2) is 17.5 Å². The maximum atomic E-state index is 14.6. The van der Waals surface area contributed by atoms with Crippen molar-refractivity contribution in [3.8, 4) is 6.07 Å². The number of carboxylic acid groups (broad SMARTS) is 1. The Labute approximate surface area is 174 Å². The molecule has 1 aliphatic rings. The highest BCUT2D eigenvalue weighted by atomic mass is 19.1. The fraction of sp³-hybridized carbons (Fsp3) is 0.429. The van der Waals surface area contributed by atoms with Crippen LogP contribution in [-0.4, -0.2) is 33.3 Å². The Balaban J connectivity index is 1.88. The molecule has 4 N–H and O–H groups in total. The quantitative estimate of drug-likeness (QED) is 0.512. The minimum Gasteiger partial charge on any atom is -0.465 e. The molecule has 0 aliphatic heterocycles. The summed E-state index contributed by atoms with van der Waals surface area (Å²) in [7, 11) is 0. The molecule has 158 valence electrons. The van der Waals surface area contributed by atoms with E-state index in [0.717, 1.165) is 24.5 Å². The lowest BCUT2D eigenvalue weighted by Gasteiger charge is -2.29. The SMILES string of the molecule is CC(C)[C@@H](Nc1nc(Nc2cncc(C3CC3)c2)c(C#N)cc1F)[C@H](C)NC(=O)O. The minimum atomic E-state index is -1.16. The van der Waals surface area contributed by atoms with Crippen LogP contribution in [0.5, 0.6) is 0 Å². The molecule has 2 atom stereocenters. The van der Waals surface area contributed by atoms with Gasteiger partial charge in [0, 0.05) is 18.3 Å². The molecule has 1 saturated carbocycles. The number of hydrogen-bond donors (Lipinski definition) is 4. The average molecular weight is 412 g/mol. The molecule has 0 bridgehead atoms. The van der Waals surface area contributed by atoms with Crippen LogP contribution in [0.25, 0.3) is 0 Å². The number of carbonyl (C=O) groups is 1. The van der Waals surface area contributed by atoms with Gasteiger partial charge >= 0.3 is 6.09 Å². The number of hydrogen-bond acceptors (Lipinski definition) is 6. The lowest BCUT2D eigenvalue weighted by molar-refractivity contribution is 0.188. The molecule has 1 amide bonds. The van der Waals surface area contributed by atoms with Crippen molar-refractivity contribution in [1.82, 2.24) is 15.3 Å². The Bertz CT molecular complexity index is 970. The molecule has 0 radical (unpaired) electrons. The number of anilines is 3. The largest absolute Gasteiger partial charge is 0.465 e. The van der Waals surface area contributed by atoms with Crippen LogP contribution >= 0.6 is 0 Å². The number of halogens is 1. The first-order chi connectivity index (χ1) is 14.3. The summed E-state index contributed by atoms with van der Waals surface area (Å²) in [5.74, 6) is -0.0317. The first-order valence-electron chi connectivity index (χ1n) is 9.87. The van der Waals surface area contributed by atoms with Gasteiger partial charge in [0.1, 0.15) is 6.07 Å². The van der Waals surface area contributed by atoms with E-state index in [0.29, 0.717) is 11.6 Å². The minimum absolute atomic E-state index is 0.0143. The highest BCUT2D eigenvalue weighted by Gasteiger charge is 2.26. The van der Waals surface area contributed by atoms with Crippen molar-refractivity contribution in [2.24, 2.45) is 5.92 Å². The molecule has 0 saturated heterocycles. The Morgan fingerprint density at radius 1 is 1.27 bits per heavy atom. The highest BCUT2D eigenvalue weighted by molar-refractivity contribution is 5.66. The van der Waals surface area contributed by atoms with E-state index < -0.39 is 24.0 Å². The molecular formula is C21H25FN6O2. The van der Waals surface area contributed by atoms with Crippen LogP contribution in [0, 0.1) is 23.1 Å². The third kappa shape index (κ3) is 5.14. The lowest BCUT2D eigenvalue weighted by atomic mass is 9.97. The van der Waals surface area contributed by atoms with E-state index in [9.17, 15) is 14.4 Å². The van der Waals surface area contributed by atoms with Gasteiger partial charge in [-0.15, -0.1) is 0 Å². The molecule has 2 heterocycles. The van der Waals surface area contributed by atoms with E-state index in [1.807, 2.05) is 32.2 Å². The summed E-state index contributed by atoms with van der Waals surface area (Å²) in [5.41, 5.74) is 1.85. The van der Waals surface area contributed by atoms with Gasteiger partial charge in [0.05, 0.1) is 17.4 Å². The maximum absolute atomic E-state index is 14.6. The van der Waals surface area contributed by atoms with Gasteiger partial charge in [-0.1, -0.05) is 13.8 Å². The van der Waals surface area contributed by atoms with Crippen molar-refractivity contribution in [2.75, 3.05) is 10.6 Å². The number of amides is 1.